The lowest BCUT2D eigenvalue weighted by molar-refractivity contribution is -0.129. The minimum absolute atomic E-state index is 0.0251. The van der Waals surface area contributed by atoms with Crippen LogP contribution in [0.4, 0.5) is 5.69 Å². The van der Waals surface area contributed by atoms with Gasteiger partial charge in [0.2, 0.25) is 11.8 Å². The standard InChI is InChI=1S/C19H22N4O2P2/c1-11-18(12-2-5-16(20-9-12)25-7-6-17(26)27)23(19(11)24)13-3-4-14-15(8-13)22-10-21-14/h2-5,8-11,17-18H,6-7,26-27H2,1H3,(H,21,22)/t11-,18-/m1/s1. The summed E-state index contributed by atoms with van der Waals surface area (Å²) in [6.07, 6.45) is 4.39. The molecule has 0 saturated carbocycles. The van der Waals surface area contributed by atoms with E-state index in [1.165, 1.54) is 0 Å². The van der Waals surface area contributed by atoms with Crippen molar-refractivity contribution in [2.75, 3.05) is 11.5 Å². The molecule has 1 aliphatic rings. The van der Waals surface area contributed by atoms with Crippen molar-refractivity contribution in [2.45, 2.75) is 24.8 Å². The third-order valence-corrected chi connectivity index (χ3v) is 5.53. The molecule has 1 amide bonds. The van der Waals surface area contributed by atoms with E-state index in [0.29, 0.717) is 17.9 Å². The van der Waals surface area contributed by atoms with E-state index in [1.54, 1.807) is 6.33 Å². The van der Waals surface area contributed by atoms with Gasteiger partial charge in [-0.3, -0.25) is 4.79 Å². The lowest BCUT2D eigenvalue weighted by atomic mass is 9.84. The predicted molar refractivity (Wildman–Crippen MR) is 113 cm³/mol. The molecule has 1 saturated heterocycles. The zero-order valence-electron chi connectivity index (χ0n) is 15.0. The van der Waals surface area contributed by atoms with Gasteiger partial charge in [0.15, 0.2) is 0 Å². The number of β-lactam (4-membered cyclic amide) rings is 1. The van der Waals surface area contributed by atoms with Gasteiger partial charge in [0.25, 0.3) is 0 Å². The monoisotopic (exact) mass is 400 g/mol. The van der Waals surface area contributed by atoms with E-state index in [1.807, 2.05) is 48.4 Å². The number of benzene rings is 1. The molecule has 0 bridgehead atoms. The molecule has 0 radical (unpaired) electrons. The Balaban J connectivity index is 1.53. The molecular weight excluding hydrogens is 378 g/mol. The number of H-pyrrole nitrogens is 1. The molecule has 3 heterocycles. The molecule has 1 fully saturated rings. The highest BCUT2D eigenvalue weighted by Crippen LogP contribution is 2.43. The molecule has 6 nitrogen and oxygen atoms in total. The lowest BCUT2D eigenvalue weighted by Crippen LogP contribution is -2.54. The van der Waals surface area contributed by atoms with Gasteiger partial charge < -0.3 is 14.6 Å². The molecule has 3 aromatic rings. The highest BCUT2D eigenvalue weighted by molar-refractivity contribution is 7.37. The Labute approximate surface area is 162 Å². The van der Waals surface area contributed by atoms with Gasteiger partial charge in [-0.05, 0) is 35.6 Å². The van der Waals surface area contributed by atoms with E-state index in [0.717, 1.165) is 28.7 Å². The summed E-state index contributed by atoms with van der Waals surface area (Å²) < 4.78 is 5.67. The number of carbonyl (C=O) groups is 1. The minimum Gasteiger partial charge on any atom is -0.478 e. The molecule has 1 N–H and O–H groups in total. The van der Waals surface area contributed by atoms with Gasteiger partial charge in [-0.15, -0.1) is 18.5 Å². The minimum atomic E-state index is -0.0778. The normalized spacial score (nSPS) is 19.6. The third kappa shape index (κ3) is 3.56. The lowest BCUT2D eigenvalue weighted by Gasteiger charge is -2.46. The number of nitrogens with one attached hydrogen (secondary N) is 1. The van der Waals surface area contributed by atoms with Crippen LogP contribution in [0.3, 0.4) is 0 Å². The average Bonchev–Trinajstić information content (AvgIpc) is 3.13. The number of rotatable bonds is 6. The molecule has 2 aromatic heterocycles. The number of hydrogen-bond donors (Lipinski definition) is 1. The molecule has 4 atom stereocenters. The molecule has 4 rings (SSSR count). The van der Waals surface area contributed by atoms with Gasteiger partial charge in [-0.25, -0.2) is 9.97 Å². The smallest absolute Gasteiger partial charge is 0.232 e. The summed E-state index contributed by atoms with van der Waals surface area (Å²) in [5.74, 6) is 0.648. The largest absolute Gasteiger partial charge is 0.478 e. The molecule has 0 aliphatic carbocycles. The van der Waals surface area contributed by atoms with Crippen LogP contribution in [-0.4, -0.2) is 32.9 Å². The van der Waals surface area contributed by atoms with E-state index in [9.17, 15) is 4.79 Å². The molecule has 2 unspecified atom stereocenters. The fraction of sp³-hybridized carbons (Fsp3) is 0.316. The number of imidazole rings is 1. The first-order valence-electron chi connectivity index (χ1n) is 8.90. The van der Waals surface area contributed by atoms with Crippen molar-refractivity contribution in [1.82, 2.24) is 15.0 Å². The number of ether oxygens (including phenoxy) is 1. The van der Waals surface area contributed by atoms with Crippen LogP contribution in [-0.2, 0) is 4.79 Å². The van der Waals surface area contributed by atoms with E-state index < -0.39 is 0 Å². The van der Waals surface area contributed by atoms with Gasteiger partial charge in [-0.1, -0.05) is 13.0 Å². The van der Waals surface area contributed by atoms with Crippen LogP contribution >= 0.6 is 18.5 Å². The Kier molecular flexibility index (Phi) is 5.12. The highest BCUT2D eigenvalue weighted by atomic mass is 31.1. The van der Waals surface area contributed by atoms with Gasteiger partial charge in [-0.2, -0.15) is 0 Å². The highest BCUT2D eigenvalue weighted by Gasteiger charge is 2.46. The summed E-state index contributed by atoms with van der Waals surface area (Å²) in [6, 6.07) is 9.68. The summed E-state index contributed by atoms with van der Waals surface area (Å²) in [5.41, 5.74) is 3.68. The van der Waals surface area contributed by atoms with E-state index in [4.69, 9.17) is 4.74 Å². The fourth-order valence-corrected chi connectivity index (χ4v) is 3.66. The zero-order chi connectivity index (χ0) is 19.0. The maximum Gasteiger partial charge on any atom is 0.232 e. The summed E-state index contributed by atoms with van der Waals surface area (Å²) in [5, 5.41) is 0.437. The Hall–Kier alpha value is -2.03. The van der Waals surface area contributed by atoms with Crippen LogP contribution in [0.1, 0.15) is 24.9 Å². The quantitative estimate of drug-likeness (QED) is 0.508. The zero-order valence-corrected chi connectivity index (χ0v) is 17.3. The third-order valence-electron chi connectivity index (χ3n) is 4.86. The predicted octanol–water partition coefficient (Wildman–Crippen LogP) is 3.53. The van der Waals surface area contributed by atoms with E-state index >= 15 is 0 Å². The summed E-state index contributed by atoms with van der Waals surface area (Å²) in [7, 11) is 5.45. The summed E-state index contributed by atoms with van der Waals surface area (Å²) in [6.45, 7) is 2.58. The van der Waals surface area contributed by atoms with Crippen LogP contribution < -0.4 is 9.64 Å². The van der Waals surface area contributed by atoms with Crippen molar-refractivity contribution >= 4 is 41.1 Å². The van der Waals surface area contributed by atoms with Gasteiger partial charge >= 0.3 is 0 Å². The SMILES string of the molecule is C[C@H]1C(=O)N(c2ccc3nc[nH]c3c2)[C@H]1c1ccc(OCCC(P)P)nc1. The van der Waals surface area contributed by atoms with Crippen LogP contribution in [0.25, 0.3) is 11.0 Å². The number of carbonyl (C=O) groups excluding carboxylic acids is 1. The molecule has 0 spiro atoms. The van der Waals surface area contributed by atoms with Crippen molar-refractivity contribution in [3.8, 4) is 5.88 Å². The summed E-state index contributed by atoms with van der Waals surface area (Å²) >= 11 is 0. The van der Waals surface area contributed by atoms with Crippen molar-refractivity contribution < 1.29 is 9.53 Å². The molecule has 8 heteroatoms. The molecule has 1 aliphatic heterocycles. The van der Waals surface area contributed by atoms with Gasteiger partial charge in [0.05, 0.1) is 35.9 Å². The summed E-state index contributed by atoms with van der Waals surface area (Å²) in [4.78, 5) is 26.1. The maximum atomic E-state index is 12.5. The number of amides is 1. The number of hydrogen-bond acceptors (Lipinski definition) is 4. The molecule has 1 aromatic carbocycles. The molecule has 27 heavy (non-hydrogen) atoms. The Morgan fingerprint density at radius 2 is 2.11 bits per heavy atom. The first-order valence-corrected chi connectivity index (χ1v) is 10.2. The van der Waals surface area contributed by atoms with Crippen LogP contribution in [0.15, 0.2) is 42.9 Å². The maximum absolute atomic E-state index is 12.5. The first kappa shape index (κ1) is 18.3. The van der Waals surface area contributed by atoms with Gasteiger partial charge in [0.1, 0.15) is 0 Å². The molecule has 140 valence electrons. The second-order valence-electron chi connectivity index (χ2n) is 6.78. The number of nitrogens with zero attached hydrogens (tertiary/aromatic N) is 3. The number of aromatic nitrogens is 3. The average molecular weight is 400 g/mol. The second-order valence-corrected chi connectivity index (χ2v) is 9.26. The second kappa shape index (κ2) is 7.53. The van der Waals surface area contributed by atoms with Crippen molar-refractivity contribution in [3.63, 3.8) is 0 Å². The van der Waals surface area contributed by atoms with Crippen molar-refractivity contribution in [2.24, 2.45) is 5.92 Å². The Morgan fingerprint density at radius 1 is 1.26 bits per heavy atom. The Morgan fingerprint density at radius 3 is 2.85 bits per heavy atom. The topological polar surface area (TPSA) is 71.1 Å². The van der Waals surface area contributed by atoms with Crippen LogP contribution in [0.5, 0.6) is 5.88 Å². The molecular formula is C19H22N4O2P2. The van der Waals surface area contributed by atoms with Crippen molar-refractivity contribution in [3.05, 3.63) is 48.4 Å². The first-order chi connectivity index (χ1) is 13.0. The number of anilines is 1. The van der Waals surface area contributed by atoms with Gasteiger partial charge in [0, 0.05) is 18.0 Å². The van der Waals surface area contributed by atoms with Crippen LogP contribution in [0.2, 0.25) is 0 Å². The van der Waals surface area contributed by atoms with E-state index in [2.05, 4.69) is 33.4 Å². The number of pyridine rings is 1. The van der Waals surface area contributed by atoms with Crippen molar-refractivity contribution in [1.29, 1.82) is 0 Å². The fourth-order valence-electron chi connectivity index (χ4n) is 3.38. The Bertz CT molecular complexity index is 958. The number of aromatic amines is 1. The van der Waals surface area contributed by atoms with E-state index in [-0.39, 0.29) is 17.9 Å². The number of fused-ring (bicyclic) bond motifs is 1. The van der Waals surface area contributed by atoms with Crippen LogP contribution in [0, 0.1) is 5.92 Å².